The first-order valence-electron chi connectivity index (χ1n) is 12.0. The molecule has 0 amide bonds. The van der Waals surface area contributed by atoms with Gasteiger partial charge in [0.25, 0.3) is 0 Å². The number of rotatable bonds is 8. The third-order valence-electron chi connectivity index (χ3n) is 6.53. The van der Waals surface area contributed by atoms with Crippen molar-refractivity contribution in [3.8, 4) is 17.2 Å². The molecule has 0 spiro atoms. The molecule has 0 aromatic heterocycles. The minimum atomic E-state index is -0.503. The number of methoxy groups -OCH3 is 3. The summed E-state index contributed by atoms with van der Waals surface area (Å²) in [7, 11) is 4.73. The minimum Gasteiger partial charge on any atom is -0.497 e. The summed E-state index contributed by atoms with van der Waals surface area (Å²) in [6.07, 6.45) is 4.22. The van der Waals surface area contributed by atoms with Crippen molar-refractivity contribution in [2.45, 2.75) is 25.7 Å². The second-order valence-corrected chi connectivity index (χ2v) is 8.79. The van der Waals surface area contributed by atoms with Crippen molar-refractivity contribution in [3.63, 3.8) is 0 Å². The number of aliphatic hydroxyl groups excluding tert-OH is 1. The molecule has 0 saturated heterocycles. The monoisotopic (exact) mass is 560 g/mol. The number of likely N-dealkylation sites (N-methyl/N-ethyl adjacent to an activating group) is 1. The molecular formula is C30H35CoN3O4. The SMILES string of the molecule is CCN1/C(=C\C=N)C(C)(Cc2ccccc2)c2cc(OC)ccc21.COc1cc(OC)cc(C(=N)O)c1.[Co]. The summed E-state index contributed by atoms with van der Waals surface area (Å²) in [5.41, 5.74) is 5.13. The Morgan fingerprint density at radius 1 is 0.921 bits per heavy atom. The van der Waals surface area contributed by atoms with E-state index < -0.39 is 5.90 Å². The smallest absolute Gasteiger partial charge is 0.210 e. The summed E-state index contributed by atoms with van der Waals surface area (Å²) in [5.74, 6) is 1.47. The third kappa shape index (κ3) is 6.57. The zero-order valence-corrected chi connectivity index (χ0v) is 23.4. The van der Waals surface area contributed by atoms with Gasteiger partial charge in [-0.05, 0) is 67.8 Å². The zero-order valence-electron chi connectivity index (χ0n) is 22.4. The molecule has 7 nitrogen and oxygen atoms in total. The van der Waals surface area contributed by atoms with E-state index in [1.54, 1.807) is 25.3 Å². The molecule has 3 aromatic carbocycles. The van der Waals surface area contributed by atoms with Gasteiger partial charge in [0.15, 0.2) is 0 Å². The van der Waals surface area contributed by atoms with Crippen LogP contribution in [0.25, 0.3) is 0 Å². The molecule has 0 saturated carbocycles. The fourth-order valence-corrected chi connectivity index (χ4v) is 4.71. The molecule has 0 bridgehead atoms. The number of hydrogen-bond donors (Lipinski definition) is 3. The topological polar surface area (TPSA) is 98.9 Å². The van der Waals surface area contributed by atoms with Crippen LogP contribution in [0.3, 0.4) is 0 Å². The van der Waals surface area contributed by atoms with Gasteiger partial charge in [-0.15, -0.1) is 0 Å². The second-order valence-electron chi connectivity index (χ2n) is 8.79. The first kappa shape index (κ1) is 30.5. The van der Waals surface area contributed by atoms with Crippen molar-refractivity contribution in [2.75, 3.05) is 32.8 Å². The third-order valence-corrected chi connectivity index (χ3v) is 6.53. The molecular weight excluding hydrogens is 525 g/mol. The molecule has 3 N–H and O–H groups in total. The van der Waals surface area contributed by atoms with Gasteiger partial charge in [0.05, 0.1) is 21.3 Å². The molecule has 3 aromatic rings. The van der Waals surface area contributed by atoms with Crippen molar-refractivity contribution in [2.24, 2.45) is 0 Å². The summed E-state index contributed by atoms with van der Waals surface area (Å²) >= 11 is 0. The summed E-state index contributed by atoms with van der Waals surface area (Å²) < 4.78 is 15.4. The number of allylic oxidation sites excluding steroid dienone is 2. The molecule has 1 unspecified atom stereocenters. The van der Waals surface area contributed by atoms with Crippen LogP contribution in [0.1, 0.15) is 30.5 Å². The van der Waals surface area contributed by atoms with Crippen LogP contribution in [-0.4, -0.2) is 45.1 Å². The Labute approximate surface area is 235 Å². The maximum Gasteiger partial charge on any atom is 0.210 e. The van der Waals surface area contributed by atoms with E-state index in [-0.39, 0.29) is 22.2 Å². The number of hydrogen-bond acceptors (Lipinski definition) is 6. The number of benzene rings is 3. The molecule has 1 radical (unpaired) electrons. The Morgan fingerprint density at radius 3 is 2.03 bits per heavy atom. The van der Waals surface area contributed by atoms with Crippen molar-refractivity contribution in [3.05, 3.63) is 95.2 Å². The van der Waals surface area contributed by atoms with E-state index in [1.807, 2.05) is 18.2 Å². The van der Waals surface area contributed by atoms with Gasteiger partial charge in [-0.25, -0.2) is 0 Å². The van der Waals surface area contributed by atoms with Crippen LogP contribution in [0, 0.1) is 10.8 Å². The maximum absolute atomic E-state index is 8.94. The fourth-order valence-electron chi connectivity index (χ4n) is 4.71. The van der Waals surface area contributed by atoms with Gasteiger partial charge in [0, 0.05) is 58.0 Å². The normalized spacial score (nSPS) is 16.4. The van der Waals surface area contributed by atoms with Gasteiger partial charge in [-0.3, -0.25) is 5.41 Å². The van der Waals surface area contributed by atoms with Gasteiger partial charge in [0.1, 0.15) is 17.2 Å². The number of aliphatic hydroxyl groups is 1. The second kappa shape index (κ2) is 13.7. The molecule has 8 heteroatoms. The molecule has 1 heterocycles. The number of fused-ring (bicyclic) bond motifs is 1. The van der Waals surface area contributed by atoms with Crippen LogP contribution in [0.5, 0.6) is 17.2 Å². The quantitative estimate of drug-likeness (QED) is 0.227. The van der Waals surface area contributed by atoms with Crippen LogP contribution >= 0.6 is 0 Å². The Balaban J connectivity index is 0.000000309. The van der Waals surface area contributed by atoms with Crippen LogP contribution < -0.4 is 19.1 Å². The van der Waals surface area contributed by atoms with Crippen molar-refractivity contribution in [1.82, 2.24) is 0 Å². The maximum atomic E-state index is 8.94. The van der Waals surface area contributed by atoms with Gasteiger partial charge in [-0.2, -0.15) is 0 Å². The Morgan fingerprint density at radius 2 is 1.53 bits per heavy atom. The number of ether oxygens (including phenoxy) is 3. The molecule has 1 aliphatic heterocycles. The molecule has 203 valence electrons. The van der Waals surface area contributed by atoms with Gasteiger partial charge in [-0.1, -0.05) is 30.3 Å². The summed E-state index contributed by atoms with van der Waals surface area (Å²) in [6, 6.07) is 21.6. The molecule has 38 heavy (non-hydrogen) atoms. The average Bonchev–Trinajstić information content (AvgIpc) is 3.15. The van der Waals surface area contributed by atoms with Gasteiger partial charge >= 0.3 is 0 Å². The van der Waals surface area contributed by atoms with Crippen molar-refractivity contribution < 1.29 is 36.1 Å². The van der Waals surface area contributed by atoms with E-state index in [0.29, 0.717) is 17.1 Å². The Hall–Kier alpha value is -3.75. The van der Waals surface area contributed by atoms with E-state index in [1.165, 1.54) is 42.9 Å². The van der Waals surface area contributed by atoms with Crippen LogP contribution in [0.15, 0.2) is 78.5 Å². The van der Waals surface area contributed by atoms with E-state index in [4.69, 9.17) is 30.1 Å². The number of anilines is 1. The van der Waals surface area contributed by atoms with Crippen LogP contribution in [0.4, 0.5) is 5.69 Å². The molecule has 1 atom stereocenters. The Bertz CT molecular complexity index is 1260. The van der Waals surface area contributed by atoms with Crippen molar-refractivity contribution >= 4 is 17.8 Å². The predicted octanol–water partition coefficient (Wildman–Crippen LogP) is 6.15. The molecule has 1 aliphatic rings. The predicted molar refractivity (Wildman–Crippen MR) is 149 cm³/mol. The van der Waals surface area contributed by atoms with Crippen LogP contribution in [-0.2, 0) is 28.6 Å². The standard InChI is InChI=1S/C21H24N2O.C9H11NO3.Co/c1-4-23-19-11-10-17(24-3)14-18(19)21(2,20(23)12-13-22)15-16-8-6-5-7-9-16;1-12-7-3-6(9(10)11)4-8(5-7)13-2;/h5-14,22H,4,15H2,1-3H3;3-5H,1-2H3,(H2,10,11);/b20-12-,22-13?;;. The average molecular weight is 561 g/mol. The number of nitrogens with zero attached hydrogens (tertiary/aromatic N) is 1. The summed E-state index contributed by atoms with van der Waals surface area (Å²) in [5, 5.41) is 23.6. The van der Waals surface area contributed by atoms with E-state index in [0.717, 1.165) is 18.7 Å². The minimum absolute atomic E-state index is 0. The summed E-state index contributed by atoms with van der Waals surface area (Å²) in [6.45, 7) is 5.30. The summed E-state index contributed by atoms with van der Waals surface area (Å²) in [4.78, 5) is 2.31. The van der Waals surface area contributed by atoms with E-state index in [9.17, 15) is 0 Å². The Kier molecular flexibility index (Phi) is 11.0. The van der Waals surface area contributed by atoms with Gasteiger partial charge in [0.2, 0.25) is 5.90 Å². The van der Waals surface area contributed by atoms with E-state index in [2.05, 4.69) is 55.1 Å². The van der Waals surface area contributed by atoms with Crippen LogP contribution in [0.2, 0.25) is 0 Å². The van der Waals surface area contributed by atoms with Gasteiger partial charge < -0.3 is 29.6 Å². The van der Waals surface area contributed by atoms with E-state index >= 15 is 0 Å². The first-order chi connectivity index (χ1) is 17.8. The molecule has 4 rings (SSSR count). The first-order valence-corrected chi connectivity index (χ1v) is 12.0. The molecule has 0 fully saturated rings. The van der Waals surface area contributed by atoms with Crippen molar-refractivity contribution in [1.29, 1.82) is 10.8 Å². The zero-order chi connectivity index (χ0) is 27.0. The number of nitrogens with one attached hydrogen (secondary N) is 2. The fraction of sp³-hybridized carbons (Fsp3) is 0.267. The largest absolute Gasteiger partial charge is 0.497 e. The molecule has 0 aliphatic carbocycles.